The number of amides is 2. The van der Waals surface area contributed by atoms with Gasteiger partial charge in [-0.1, -0.05) is 0 Å². The number of benzene rings is 1. The number of nitrogens with zero attached hydrogens (tertiary/aromatic N) is 3. The smallest absolute Gasteiger partial charge is 0.306 e. The molecule has 9 heteroatoms. The van der Waals surface area contributed by atoms with Gasteiger partial charge in [0.05, 0.1) is 5.92 Å². The maximum absolute atomic E-state index is 12.4. The van der Waals surface area contributed by atoms with Crippen LogP contribution in [0.1, 0.15) is 38.6 Å². The Morgan fingerprint density at radius 3 is 2.14 bits per heavy atom. The Labute approximate surface area is 162 Å². The van der Waals surface area contributed by atoms with E-state index in [0.29, 0.717) is 37.1 Å². The highest BCUT2D eigenvalue weighted by molar-refractivity contribution is 5.95. The van der Waals surface area contributed by atoms with E-state index >= 15 is 0 Å². The first kappa shape index (κ1) is 19.5. The Kier molecular flexibility index (Phi) is 6.03. The Morgan fingerprint density at radius 2 is 1.61 bits per heavy atom. The summed E-state index contributed by atoms with van der Waals surface area (Å²) >= 11 is 0. The fourth-order valence-corrected chi connectivity index (χ4v) is 3.27. The summed E-state index contributed by atoms with van der Waals surface area (Å²) in [4.78, 5) is 39.5. The van der Waals surface area contributed by atoms with E-state index in [-0.39, 0.29) is 23.7 Å². The molecule has 1 aliphatic carbocycles. The van der Waals surface area contributed by atoms with E-state index in [9.17, 15) is 14.4 Å². The Hall–Kier alpha value is -3.23. The van der Waals surface area contributed by atoms with Crippen LogP contribution in [0.15, 0.2) is 36.9 Å². The molecule has 1 aromatic carbocycles. The number of carboxylic acids is 1. The zero-order valence-electron chi connectivity index (χ0n) is 15.5. The number of nitrogens with one attached hydrogen (secondary N) is 2. The Balaban J connectivity index is 1.51. The molecule has 2 aromatic rings. The minimum atomic E-state index is -0.783. The monoisotopic (exact) mass is 385 g/mol. The molecule has 148 valence electrons. The number of rotatable bonds is 6. The van der Waals surface area contributed by atoms with Gasteiger partial charge in [0, 0.05) is 17.3 Å². The molecule has 1 aliphatic rings. The van der Waals surface area contributed by atoms with Gasteiger partial charge in [-0.2, -0.15) is 5.10 Å². The predicted molar refractivity (Wildman–Crippen MR) is 102 cm³/mol. The summed E-state index contributed by atoms with van der Waals surface area (Å²) < 4.78 is 1.46. The average Bonchev–Trinajstić information content (AvgIpc) is 3.23. The lowest BCUT2D eigenvalue weighted by Gasteiger charge is -2.25. The third-order valence-electron chi connectivity index (χ3n) is 5.08. The maximum atomic E-state index is 12.4. The summed E-state index contributed by atoms with van der Waals surface area (Å²) in [6, 6.07) is 6.36. The number of carbonyl (C=O) groups is 3. The third-order valence-corrected chi connectivity index (χ3v) is 5.08. The number of hydrogen-bond acceptors (Lipinski definition) is 5. The molecule has 3 rings (SSSR count). The van der Waals surface area contributed by atoms with Crippen LogP contribution in [-0.4, -0.2) is 37.7 Å². The molecule has 1 atom stereocenters. The second-order valence-electron chi connectivity index (χ2n) is 6.99. The average molecular weight is 385 g/mol. The molecule has 1 saturated carbocycles. The minimum absolute atomic E-state index is 0.0968. The second kappa shape index (κ2) is 8.64. The largest absolute Gasteiger partial charge is 0.481 e. The molecule has 3 N–H and O–H groups in total. The van der Waals surface area contributed by atoms with Crippen molar-refractivity contribution >= 4 is 29.2 Å². The summed E-state index contributed by atoms with van der Waals surface area (Å²) in [5.41, 5.74) is 1.24. The predicted octanol–water partition coefficient (Wildman–Crippen LogP) is 2.31. The number of hydrogen-bond donors (Lipinski definition) is 3. The van der Waals surface area contributed by atoms with E-state index in [4.69, 9.17) is 5.11 Å². The first-order valence-electron chi connectivity index (χ1n) is 9.22. The highest BCUT2D eigenvalue weighted by Crippen LogP contribution is 2.30. The van der Waals surface area contributed by atoms with Gasteiger partial charge in [-0.15, -0.1) is 0 Å². The van der Waals surface area contributed by atoms with Gasteiger partial charge in [0.25, 0.3) is 0 Å². The fraction of sp³-hybridized carbons (Fsp3) is 0.421. The highest BCUT2D eigenvalue weighted by atomic mass is 16.4. The zero-order chi connectivity index (χ0) is 20.1. The van der Waals surface area contributed by atoms with Gasteiger partial charge in [-0.25, -0.2) is 9.67 Å². The van der Waals surface area contributed by atoms with Gasteiger partial charge in [-0.05, 0) is 56.9 Å². The van der Waals surface area contributed by atoms with Gasteiger partial charge >= 0.3 is 5.97 Å². The Morgan fingerprint density at radius 1 is 1.04 bits per heavy atom. The molecule has 0 spiro atoms. The molecular formula is C19H23N5O4. The van der Waals surface area contributed by atoms with Crippen molar-refractivity contribution in [2.45, 2.75) is 38.6 Å². The third kappa shape index (κ3) is 4.73. The van der Waals surface area contributed by atoms with E-state index in [1.807, 2.05) is 0 Å². The topological polar surface area (TPSA) is 126 Å². The zero-order valence-corrected chi connectivity index (χ0v) is 15.5. The number of anilines is 2. The van der Waals surface area contributed by atoms with E-state index in [1.165, 1.54) is 17.3 Å². The number of carboxylic acid groups (broad SMARTS) is 1. The molecule has 1 heterocycles. The van der Waals surface area contributed by atoms with Crippen LogP contribution in [0.2, 0.25) is 0 Å². The summed E-state index contributed by atoms with van der Waals surface area (Å²) in [6.07, 6.45) is 5.07. The van der Waals surface area contributed by atoms with Gasteiger partial charge in [0.1, 0.15) is 18.7 Å². The second-order valence-corrected chi connectivity index (χ2v) is 6.99. The van der Waals surface area contributed by atoms with Crippen molar-refractivity contribution < 1.29 is 19.5 Å². The van der Waals surface area contributed by atoms with Crippen LogP contribution < -0.4 is 10.6 Å². The molecule has 1 fully saturated rings. The van der Waals surface area contributed by atoms with E-state index in [1.54, 1.807) is 31.2 Å². The summed E-state index contributed by atoms with van der Waals surface area (Å²) in [5.74, 6) is -1.61. The van der Waals surface area contributed by atoms with Crippen molar-refractivity contribution in [3.63, 3.8) is 0 Å². The molecule has 0 bridgehead atoms. The summed E-state index contributed by atoms with van der Waals surface area (Å²) in [5, 5.41) is 18.6. The van der Waals surface area contributed by atoms with Crippen molar-refractivity contribution in [2.75, 3.05) is 10.6 Å². The number of aromatic nitrogens is 3. The van der Waals surface area contributed by atoms with Crippen LogP contribution in [0.25, 0.3) is 0 Å². The SMILES string of the molecule is CC(C(=O)Nc1ccc(NC(=O)C2CCC(C(=O)O)CC2)cc1)n1cncn1. The van der Waals surface area contributed by atoms with Crippen molar-refractivity contribution in [1.82, 2.24) is 14.8 Å². The van der Waals surface area contributed by atoms with Crippen LogP contribution in [0, 0.1) is 11.8 Å². The van der Waals surface area contributed by atoms with Gasteiger partial charge in [0.15, 0.2) is 0 Å². The van der Waals surface area contributed by atoms with Crippen LogP contribution in [-0.2, 0) is 14.4 Å². The van der Waals surface area contributed by atoms with E-state index in [2.05, 4.69) is 20.7 Å². The normalized spacial score (nSPS) is 20.2. The van der Waals surface area contributed by atoms with Gasteiger partial charge in [-0.3, -0.25) is 14.4 Å². The minimum Gasteiger partial charge on any atom is -0.481 e. The molecular weight excluding hydrogens is 362 g/mol. The van der Waals surface area contributed by atoms with Crippen molar-refractivity contribution in [3.05, 3.63) is 36.9 Å². The highest BCUT2D eigenvalue weighted by Gasteiger charge is 2.29. The lowest BCUT2D eigenvalue weighted by molar-refractivity contribution is -0.143. The number of aliphatic carboxylic acids is 1. The molecule has 28 heavy (non-hydrogen) atoms. The molecule has 0 aliphatic heterocycles. The van der Waals surface area contributed by atoms with Crippen LogP contribution in [0.3, 0.4) is 0 Å². The first-order chi connectivity index (χ1) is 13.4. The van der Waals surface area contributed by atoms with Gasteiger partial charge in [0.2, 0.25) is 11.8 Å². The standard InChI is InChI=1S/C19H23N5O4/c1-12(24-11-20-10-21-24)17(25)22-15-6-8-16(9-7-15)23-18(26)13-2-4-14(5-3-13)19(27)28/h6-14H,2-5H2,1H3,(H,22,25)(H,23,26)(H,27,28). The molecule has 1 aromatic heterocycles. The molecule has 0 saturated heterocycles. The van der Waals surface area contributed by atoms with Crippen molar-refractivity contribution in [3.8, 4) is 0 Å². The van der Waals surface area contributed by atoms with Crippen molar-refractivity contribution in [1.29, 1.82) is 0 Å². The fourth-order valence-electron chi connectivity index (χ4n) is 3.27. The quantitative estimate of drug-likeness (QED) is 0.700. The van der Waals surface area contributed by atoms with Crippen molar-refractivity contribution in [2.24, 2.45) is 11.8 Å². The molecule has 2 amide bonds. The maximum Gasteiger partial charge on any atom is 0.306 e. The molecule has 0 radical (unpaired) electrons. The van der Waals surface area contributed by atoms with E-state index in [0.717, 1.165) is 0 Å². The van der Waals surface area contributed by atoms with Gasteiger partial charge < -0.3 is 15.7 Å². The summed E-state index contributed by atoms with van der Waals surface area (Å²) in [7, 11) is 0. The molecule has 9 nitrogen and oxygen atoms in total. The van der Waals surface area contributed by atoms with Crippen LogP contribution in [0.5, 0.6) is 0 Å². The van der Waals surface area contributed by atoms with E-state index < -0.39 is 12.0 Å². The lowest BCUT2D eigenvalue weighted by Crippen LogP contribution is -2.29. The van der Waals surface area contributed by atoms with Crippen LogP contribution in [0.4, 0.5) is 11.4 Å². The lowest BCUT2D eigenvalue weighted by atomic mass is 9.81. The summed E-state index contributed by atoms with van der Waals surface area (Å²) in [6.45, 7) is 1.72. The molecule has 1 unspecified atom stereocenters. The van der Waals surface area contributed by atoms with Crippen LogP contribution >= 0.6 is 0 Å². The Bertz CT molecular complexity index is 827. The first-order valence-corrected chi connectivity index (χ1v) is 9.22. The number of carbonyl (C=O) groups excluding carboxylic acids is 2.